The van der Waals surface area contributed by atoms with Crippen LogP contribution in [0.3, 0.4) is 0 Å². The standard InChI is InChI=1S/C13H14N4O3S/c1-6-5-9(10(11(18)19)7(2)14-6)21-13-16-15-12(20)17(13)8-3-4-8/h5,8H,3-4H2,1-2H3,(H,15,20)(H,18,19). The fourth-order valence-electron chi connectivity index (χ4n) is 2.25. The third kappa shape index (κ3) is 2.58. The topological polar surface area (TPSA) is 101 Å². The quantitative estimate of drug-likeness (QED) is 0.892. The Morgan fingerprint density at radius 3 is 2.81 bits per heavy atom. The van der Waals surface area contributed by atoms with Crippen LogP contribution in [0.4, 0.5) is 0 Å². The van der Waals surface area contributed by atoms with Gasteiger partial charge in [0.25, 0.3) is 0 Å². The van der Waals surface area contributed by atoms with Crippen molar-refractivity contribution in [1.82, 2.24) is 19.7 Å². The molecule has 1 aliphatic rings. The molecule has 1 aliphatic carbocycles. The van der Waals surface area contributed by atoms with Crippen molar-refractivity contribution >= 4 is 17.7 Å². The van der Waals surface area contributed by atoms with E-state index in [1.807, 2.05) is 0 Å². The molecular formula is C13H14N4O3S. The molecule has 2 aromatic rings. The van der Waals surface area contributed by atoms with E-state index in [0.717, 1.165) is 18.5 Å². The smallest absolute Gasteiger partial charge is 0.344 e. The molecule has 0 amide bonds. The third-order valence-electron chi connectivity index (χ3n) is 3.29. The molecule has 1 fully saturated rings. The first-order valence-electron chi connectivity index (χ1n) is 6.53. The summed E-state index contributed by atoms with van der Waals surface area (Å²) in [6.45, 7) is 3.47. The van der Waals surface area contributed by atoms with Gasteiger partial charge in [0.15, 0.2) is 5.16 Å². The molecule has 0 atom stereocenters. The van der Waals surface area contributed by atoms with Gasteiger partial charge < -0.3 is 5.11 Å². The molecule has 8 heteroatoms. The van der Waals surface area contributed by atoms with Gasteiger partial charge in [-0.15, -0.1) is 5.10 Å². The second-order valence-corrected chi connectivity index (χ2v) is 6.05. The summed E-state index contributed by atoms with van der Waals surface area (Å²) in [7, 11) is 0. The maximum Gasteiger partial charge on any atom is 0.344 e. The Kier molecular flexibility index (Phi) is 3.32. The van der Waals surface area contributed by atoms with Crippen LogP contribution in [0.25, 0.3) is 0 Å². The van der Waals surface area contributed by atoms with Gasteiger partial charge in [0, 0.05) is 16.6 Å². The molecule has 0 saturated heterocycles. The molecule has 0 aromatic carbocycles. The minimum atomic E-state index is -1.03. The van der Waals surface area contributed by atoms with Gasteiger partial charge in [-0.25, -0.2) is 14.7 Å². The predicted octanol–water partition coefficient (Wildman–Crippen LogP) is 1.77. The van der Waals surface area contributed by atoms with Crippen molar-refractivity contribution in [1.29, 1.82) is 0 Å². The van der Waals surface area contributed by atoms with E-state index in [1.54, 1.807) is 24.5 Å². The zero-order valence-corrected chi connectivity index (χ0v) is 12.4. The first kappa shape index (κ1) is 13.9. The maximum absolute atomic E-state index is 11.8. The summed E-state index contributed by atoms with van der Waals surface area (Å²) in [5, 5.41) is 16.3. The van der Waals surface area contributed by atoms with Gasteiger partial charge in [-0.3, -0.25) is 9.55 Å². The highest BCUT2D eigenvalue weighted by molar-refractivity contribution is 7.99. The Bertz CT molecular complexity index is 776. The van der Waals surface area contributed by atoms with Gasteiger partial charge in [-0.1, -0.05) is 0 Å². The maximum atomic E-state index is 11.8. The zero-order chi connectivity index (χ0) is 15.1. The Hall–Kier alpha value is -2.09. The van der Waals surface area contributed by atoms with Crippen molar-refractivity contribution in [3.63, 3.8) is 0 Å². The number of aromatic nitrogens is 4. The molecule has 0 radical (unpaired) electrons. The second kappa shape index (κ2) is 5.03. The van der Waals surface area contributed by atoms with E-state index < -0.39 is 5.97 Å². The monoisotopic (exact) mass is 306 g/mol. The molecule has 2 N–H and O–H groups in total. The lowest BCUT2D eigenvalue weighted by Crippen LogP contribution is -2.16. The SMILES string of the molecule is Cc1cc(Sc2n[nH]c(=O)n2C2CC2)c(C(=O)O)c(C)n1. The number of aryl methyl sites for hydroxylation is 2. The first-order valence-corrected chi connectivity index (χ1v) is 7.35. The summed E-state index contributed by atoms with van der Waals surface area (Å²) in [5.74, 6) is -1.03. The Morgan fingerprint density at radius 2 is 2.19 bits per heavy atom. The number of hydrogen-bond donors (Lipinski definition) is 2. The van der Waals surface area contributed by atoms with Crippen molar-refractivity contribution in [2.75, 3.05) is 0 Å². The van der Waals surface area contributed by atoms with Crippen LogP contribution in [0.2, 0.25) is 0 Å². The minimum absolute atomic E-state index is 0.156. The second-order valence-electron chi connectivity index (χ2n) is 5.04. The van der Waals surface area contributed by atoms with E-state index in [-0.39, 0.29) is 17.3 Å². The van der Waals surface area contributed by atoms with Crippen LogP contribution < -0.4 is 5.69 Å². The molecule has 2 aromatic heterocycles. The highest BCUT2D eigenvalue weighted by atomic mass is 32.2. The van der Waals surface area contributed by atoms with Crippen molar-refractivity contribution in [2.24, 2.45) is 0 Å². The molecule has 0 spiro atoms. The number of aromatic carboxylic acids is 1. The van der Waals surface area contributed by atoms with Gasteiger partial charge in [-0.05, 0) is 44.5 Å². The molecule has 21 heavy (non-hydrogen) atoms. The summed E-state index contributed by atoms with van der Waals surface area (Å²) in [6, 6.07) is 1.88. The fourth-order valence-corrected chi connectivity index (χ4v) is 3.43. The number of carboxylic acids is 1. The molecule has 0 aliphatic heterocycles. The van der Waals surface area contributed by atoms with Gasteiger partial charge in [0.05, 0.1) is 11.3 Å². The molecule has 0 bridgehead atoms. The van der Waals surface area contributed by atoms with E-state index in [0.29, 0.717) is 15.7 Å². The summed E-state index contributed by atoms with van der Waals surface area (Å²) in [6.07, 6.45) is 1.90. The van der Waals surface area contributed by atoms with E-state index in [9.17, 15) is 14.7 Å². The van der Waals surface area contributed by atoms with Gasteiger partial charge in [0.2, 0.25) is 0 Å². The number of rotatable bonds is 4. The average Bonchev–Trinajstić information content (AvgIpc) is 3.13. The number of carbonyl (C=O) groups is 1. The number of H-pyrrole nitrogens is 1. The number of nitrogens with one attached hydrogen (secondary N) is 1. The summed E-state index contributed by atoms with van der Waals surface area (Å²) in [4.78, 5) is 27.9. The zero-order valence-electron chi connectivity index (χ0n) is 11.6. The van der Waals surface area contributed by atoms with Crippen LogP contribution in [0.5, 0.6) is 0 Å². The highest BCUT2D eigenvalue weighted by Crippen LogP contribution is 2.38. The fraction of sp³-hybridized carbons (Fsp3) is 0.385. The number of pyridine rings is 1. The van der Waals surface area contributed by atoms with E-state index in [1.165, 1.54) is 11.8 Å². The lowest BCUT2D eigenvalue weighted by molar-refractivity contribution is 0.0691. The van der Waals surface area contributed by atoms with Gasteiger partial charge >= 0.3 is 11.7 Å². The molecule has 1 saturated carbocycles. The van der Waals surface area contributed by atoms with Crippen molar-refractivity contribution < 1.29 is 9.90 Å². The van der Waals surface area contributed by atoms with Crippen LogP contribution in [0.1, 0.15) is 40.6 Å². The predicted molar refractivity (Wildman–Crippen MR) is 75.9 cm³/mol. The van der Waals surface area contributed by atoms with E-state index >= 15 is 0 Å². The van der Waals surface area contributed by atoms with Crippen molar-refractivity contribution in [3.8, 4) is 0 Å². The van der Waals surface area contributed by atoms with Crippen LogP contribution in [0, 0.1) is 13.8 Å². The first-order chi connectivity index (χ1) is 9.97. The summed E-state index contributed by atoms with van der Waals surface area (Å²) < 4.78 is 1.60. The van der Waals surface area contributed by atoms with E-state index in [2.05, 4.69) is 15.2 Å². The van der Waals surface area contributed by atoms with Crippen molar-refractivity contribution in [2.45, 2.75) is 42.8 Å². The number of carboxylic acid groups (broad SMARTS) is 1. The van der Waals surface area contributed by atoms with Gasteiger partial charge in [0.1, 0.15) is 0 Å². The largest absolute Gasteiger partial charge is 0.478 e. The number of nitrogens with zero attached hydrogens (tertiary/aromatic N) is 3. The Morgan fingerprint density at radius 1 is 1.48 bits per heavy atom. The third-order valence-corrected chi connectivity index (χ3v) is 4.30. The lowest BCUT2D eigenvalue weighted by Gasteiger charge is -2.09. The van der Waals surface area contributed by atoms with Crippen LogP contribution >= 0.6 is 11.8 Å². The number of aromatic amines is 1. The van der Waals surface area contributed by atoms with Crippen LogP contribution in [-0.2, 0) is 0 Å². The molecular weight excluding hydrogens is 292 g/mol. The lowest BCUT2D eigenvalue weighted by atomic mass is 10.2. The summed E-state index contributed by atoms with van der Waals surface area (Å²) >= 11 is 1.19. The molecule has 110 valence electrons. The Balaban J connectivity index is 2.06. The number of hydrogen-bond acceptors (Lipinski definition) is 5. The van der Waals surface area contributed by atoms with Crippen LogP contribution in [0.15, 0.2) is 20.9 Å². The molecule has 7 nitrogen and oxygen atoms in total. The highest BCUT2D eigenvalue weighted by Gasteiger charge is 2.29. The summed E-state index contributed by atoms with van der Waals surface area (Å²) in [5.41, 5.74) is 1.10. The van der Waals surface area contributed by atoms with Gasteiger partial charge in [-0.2, -0.15) is 0 Å². The average molecular weight is 306 g/mol. The van der Waals surface area contributed by atoms with E-state index in [4.69, 9.17) is 0 Å². The molecule has 3 rings (SSSR count). The minimum Gasteiger partial charge on any atom is -0.478 e. The Labute approximate surface area is 124 Å². The molecule has 2 heterocycles. The van der Waals surface area contributed by atoms with Crippen LogP contribution in [-0.4, -0.2) is 30.8 Å². The van der Waals surface area contributed by atoms with Crippen molar-refractivity contribution in [3.05, 3.63) is 33.5 Å². The normalized spacial score (nSPS) is 14.4. The molecule has 0 unspecified atom stereocenters.